The van der Waals surface area contributed by atoms with Gasteiger partial charge in [-0.25, -0.2) is 4.98 Å². The number of imidazole rings is 1. The molecule has 3 nitrogen and oxygen atoms in total. The van der Waals surface area contributed by atoms with Crippen LogP contribution in [0, 0.1) is 12.3 Å². The smallest absolute Gasteiger partial charge is 0.134 e. The van der Waals surface area contributed by atoms with Gasteiger partial charge in [-0.3, -0.25) is 0 Å². The predicted molar refractivity (Wildman–Crippen MR) is 76.2 cm³/mol. The van der Waals surface area contributed by atoms with Gasteiger partial charge in [-0.05, 0) is 36.4 Å². The van der Waals surface area contributed by atoms with Crippen molar-refractivity contribution in [2.75, 3.05) is 0 Å². The molecule has 0 bridgehead atoms. The molecule has 0 saturated heterocycles. The van der Waals surface area contributed by atoms with Crippen LogP contribution < -0.4 is 0 Å². The number of nitrogens with zero attached hydrogens (tertiary/aromatic N) is 2. The fourth-order valence-corrected chi connectivity index (χ4v) is 2.02. The number of hydrogen-bond acceptors (Lipinski definition) is 2. The summed E-state index contributed by atoms with van der Waals surface area (Å²) in [7, 11) is 0. The minimum absolute atomic E-state index is 0.498. The van der Waals surface area contributed by atoms with E-state index in [1.54, 1.807) is 6.26 Å². The number of furan rings is 1. The average molecular weight is 248 g/mol. The number of hydrogen-bond donors (Lipinski definition) is 0. The van der Waals surface area contributed by atoms with Gasteiger partial charge in [0.1, 0.15) is 11.6 Å². The lowest BCUT2D eigenvalue weighted by Gasteiger charge is -2.00. The molecule has 1 aromatic carbocycles. The Kier molecular flexibility index (Phi) is 2.91. The van der Waals surface area contributed by atoms with Crippen LogP contribution in [0.1, 0.15) is 11.6 Å². The van der Waals surface area contributed by atoms with Crippen molar-refractivity contribution >= 4 is 23.2 Å². The molecular weight excluding hydrogens is 236 g/mol. The first-order valence-electron chi connectivity index (χ1n) is 5.99. The molecule has 0 unspecified atom stereocenters. The lowest BCUT2D eigenvalue weighted by atomic mass is 10.3. The van der Waals surface area contributed by atoms with Gasteiger partial charge in [-0.1, -0.05) is 18.1 Å². The highest BCUT2D eigenvalue weighted by Crippen LogP contribution is 2.17. The Hall–Kier alpha value is -2.73. The van der Waals surface area contributed by atoms with E-state index < -0.39 is 0 Å². The Morgan fingerprint density at radius 3 is 2.89 bits per heavy atom. The summed E-state index contributed by atoms with van der Waals surface area (Å²) in [6.07, 6.45) is 10.9. The van der Waals surface area contributed by atoms with Crippen molar-refractivity contribution in [1.29, 1.82) is 0 Å². The van der Waals surface area contributed by atoms with Gasteiger partial charge in [-0.2, -0.15) is 0 Å². The van der Waals surface area contributed by atoms with Crippen molar-refractivity contribution in [2.45, 2.75) is 6.54 Å². The largest absolute Gasteiger partial charge is 0.465 e. The first-order chi connectivity index (χ1) is 9.38. The van der Waals surface area contributed by atoms with Gasteiger partial charge in [0, 0.05) is 0 Å². The van der Waals surface area contributed by atoms with Crippen LogP contribution in [-0.2, 0) is 6.54 Å². The zero-order valence-electron chi connectivity index (χ0n) is 10.3. The topological polar surface area (TPSA) is 31.0 Å². The maximum absolute atomic E-state index is 5.43. The van der Waals surface area contributed by atoms with E-state index in [1.807, 2.05) is 53.1 Å². The van der Waals surface area contributed by atoms with E-state index in [9.17, 15) is 0 Å². The fourth-order valence-electron chi connectivity index (χ4n) is 2.02. The average Bonchev–Trinajstić information content (AvgIpc) is 3.05. The molecule has 0 spiro atoms. The molecule has 0 N–H and O–H groups in total. The Labute approximate surface area is 111 Å². The highest BCUT2D eigenvalue weighted by molar-refractivity contribution is 5.79. The lowest BCUT2D eigenvalue weighted by Crippen LogP contribution is -1.97. The minimum atomic E-state index is 0.498. The fraction of sp³-hybridized carbons (Fsp3) is 0.0625. The van der Waals surface area contributed by atoms with Crippen molar-refractivity contribution in [2.24, 2.45) is 0 Å². The molecule has 0 aliphatic rings. The Bertz CT molecular complexity index is 758. The third kappa shape index (κ3) is 2.16. The molecule has 0 aliphatic heterocycles. The third-order valence-electron chi connectivity index (χ3n) is 2.87. The summed E-state index contributed by atoms with van der Waals surface area (Å²) >= 11 is 0. The van der Waals surface area contributed by atoms with Crippen molar-refractivity contribution in [3.8, 4) is 12.3 Å². The number of rotatable bonds is 3. The molecule has 92 valence electrons. The number of fused-ring (bicyclic) bond motifs is 1. The van der Waals surface area contributed by atoms with Crippen molar-refractivity contribution < 1.29 is 4.42 Å². The second-order valence-electron chi connectivity index (χ2n) is 4.10. The van der Waals surface area contributed by atoms with Gasteiger partial charge in [0.25, 0.3) is 0 Å². The van der Waals surface area contributed by atoms with Gasteiger partial charge in [0.05, 0.1) is 23.8 Å². The van der Waals surface area contributed by atoms with E-state index >= 15 is 0 Å². The molecule has 3 aromatic rings. The molecular formula is C16H12N2O. The molecule has 2 heterocycles. The lowest BCUT2D eigenvalue weighted by molar-refractivity contribution is 0.557. The normalized spacial score (nSPS) is 11.1. The van der Waals surface area contributed by atoms with E-state index in [0.717, 1.165) is 22.6 Å². The first-order valence-corrected chi connectivity index (χ1v) is 5.99. The van der Waals surface area contributed by atoms with Crippen LogP contribution in [0.5, 0.6) is 0 Å². The summed E-state index contributed by atoms with van der Waals surface area (Å²) in [4.78, 5) is 4.57. The van der Waals surface area contributed by atoms with Crippen LogP contribution in [0.3, 0.4) is 0 Å². The van der Waals surface area contributed by atoms with Gasteiger partial charge < -0.3 is 8.98 Å². The van der Waals surface area contributed by atoms with Crippen LogP contribution >= 0.6 is 0 Å². The quantitative estimate of drug-likeness (QED) is 0.665. The monoisotopic (exact) mass is 248 g/mol. The van der Waals surface area contributed by atoms with Crippen LogP contribution in [0.25, 0.3) is 23.2 Å². The molecule has 0 radical (unpaired) electrons. The van der Waals surface area contributed by atoms with Gasteiger partial charge in [-0.15, -0.1) is 6.42 Å². The zero-order chi connectivity index (χ0) is 13.1. The first kappa shape index (κ1) is 11.4. The van der Waals surface area contributed by atoms with Gasteiger partial charge in [0.15, 0.2) is 0 Å². The minimum Gasteiger partial charge on any atom is -0.465 e. The summed E-state index contributed by atoms with van der Waals surface area (Å²) in [5, 5.41) is 0. The molecule has 19 heavy (non-hydrogen) atoms. The second kappa shape index (κ2) is 4.87. The van der Waals surface area contributed by atoms with E-state index in [-0.39, 0.29) is 0 Å². The summed E-state index contributed by atoms with van der Waals surface area (Å²) in [5.74, 6) is 4.28. The summed E-state index contributed by atoms with van der Waals surface area (Å²) in [6.45, 7) is 0.498. The SMILES string of the molecule is C#CCn1c(/C=C/c2ccco2)nc2ccccc21. The number of para-hydroxylation sites is 2. The maximum Gasteiger partial charge on any atom is 0.134 e. The Morgan fingerprint density at radius 1 is 1.21 bits per heavy atom. The molecule has 0 aliphatic carbocycles. The van der Waals surface area contributed by atoms with Crippen molar-refractivity contribution in [3.05, 3.63) is 54.2 Å². The highest BCUT2D eigenvalue weighted by atomic mass is 16.3. The zero-order valence-corrected chi connectivity index (χ0v) is 10.3. The molecule has 0 fully saturated rings. The third-order valence-corrected chi connectivity index (χ3v) is 2.87. The highest BCUT2D eigenvalue weighted by Gasteiger charge is 2.06. The number of benzene rings is 1. The van der Waals surface area contributed by atoms with Crippen LogP contribution in [0.15, 0.2) is 47.1 Å². The summed E-state index contributed by atoms with van der Waals surface area (Å²) < 4.78 is 7.27. The standard InChI is InChI=1S/C16H12N2O/c1-2-11-18-15-8-4-3-7-14(15)17-16(18)10-9-13-6-5-12-19-13/h1,3-10,12H,11H2/b10-9+. The van der Waals surface area contributed by atoms with Gasteiger partial charge in [0.2, 0.25) is 0 Å². The number of aromatic nitrogens is 2. The predicted octanol–water partition coefficient (Wildman–Crippen LogP) is 3.43. The molecule has 3 heteroatoms. The summed E-state index contributed by atoms with van der Waals surface area (Å²) in [5.41, 5.74) is 1.98. The molecule has 0 saturated carbocycles. The Balaban J connectivity index is 2.07. The van der Waals surface area contributed by atoms with Crippen LogP contribution in [0.4, 0.5) is 0 Å². The van der Waals surface area contributed by atoms with E-state index in [0.29, 0.717) is 6.54 Å². The molecule has 3 rings (SSSR count). The maximum atomic E-state index is 5.43. The Morgan fingerprint density at radius 2 is 2.11 bits per heavy atom. The molecule has 0 atom stereocenters. The van der Waals surface area contributed by atoms with Crippen molar-refractivity contribution in [1.82, 2.24) is 9.55 Å². The van der Waals surface area contributed by atoms with E-state index in [1.165, 1.54) is 0 Å². The van der Waals surface area contributed by atoms with E-state index in [2.05, 4.69) is 10.9 Å². The number of terminal acetylenes is 1. The molecule has 0 amide bonds. The van der Waals surface area contributed by atoms with Crippen molar-refractivity contribution in [3.63, 3.8) is 0 Å². The second-order valence-corrected chi connectivity index (χ2v) is 4.10. The van der Waals surface area contributed by atoms with Crippen LogP contribution in [-0.4, -0.2) is 9.55 Å². The van der Waals surface area contributed by atoms with Crippen LogP contribution in [0.2, 0.25) is 0 Å². The summed E-state index contributed by atoms with van der Waals surface area (Å²) in [6, 6.07) is 11.7. The van der Waals surface area contributed by atoms with Gasteiger partial charge >= 0.3 is 0 Å². The van der Waals surface area contributed by atoms with E-state index in [4.69, 9.17) is 10.8 Å². The molecule has 2 aromatic heterocycles.